The minimum atomic E-state index is -0.976. The fraction of sp³-hybridized carbons (Fsp3) is 0.231. The van der Waals surface area contributed by atoms with Crippen LogP contribution in [0, 0.1) is 17.5 Å². The van der Waals surface area contributed by atoms with Crippen LogP contribution in [0.5, 0.6) is 0 Å². The molecule has 1 heterocycles. The maximum atomic E-state index is 13.8. The molecule has 19 heavy (non-hydrogen) atoms. The number of hydrogen-bond donors (Lipinski definition) is 1. The lowest BCUT2D eigenvalue weighted by atomic mass is 10.0. The van der Waals surface area contributed by atoms with Crippen LogP contribution in [0.15, 0.2) is 28.7 Å². The van der Waals surface area contributed by atoms with Crippen molar-refractivity contribution in [1.82, 2.24) is 5.32 Å². The van der Waals surface area contributed by atoms with E-state index in [2.05, 4.69) is 5.32 Å². The molecule has 0 aliphatic heterocycles. The number of hydrogen-bond acceptors (Lipinski definition) is 2. The van der Waals surface area contributed by atoms with Crippen molar-refractivity contribution in [3.63, 3.8) is 0 Å². The molecule has 0 spiro atoms. The van der Waals surface area contributed by atoms with Gasteiger partial charge in [-0.15, -0.1) is 0 Å². The Kier molecular flexibility index (Phi) is 4.17. The van der Waals surface area contributed by atoms with Gasteiger partial charge in [-0.1, -0.05) is 6.92 Å². The average Bonchev–Trinajstić information content (AvgIpc) is 2.73. The average molecular weight is 290 g/mol. The van der Waals surface area contributed by atoms with Gasteiger partial charge in [0, 0.05) is 17.7 Å². The summed E-state index contributed by atoms with van der Waals surface area (Å²) in [5.41, 5.74) is -0.297. The second-order valence-electron chi connectivity index (χ2n) is 3.92. The lowest BCUT2D eigenvalue weighted by Gasteiger charge is -2.17. The Morgan fingerprint density at radius 3 is 2.32 bits per heavy atom. The topological polar surface area (TPSA) is 25.2 Å². The van der Waals surface area contributed by atoms with Crippen LogP contribution in [0.1, 0.15) is 24.3 Å². The molecule has 0 amide bonds. The van der Waals surface area contributed by atoms with Crippen molar-refractivity contribution < 1.29 is 17.6 Å². The highest BCUT2D eigenvalue weighted by Gasteiger charge is 2.25. The molecule has 0 saturated heterocycles. The Hall–Kier alpha value is -1.46. The van der Waals surface area contributed by atoms with Gasteiger partial charge in [0.05, 0.1) is 6.04 Å². The number of rotatable bonds is 4. The van der Waals surface area contributed by atoms with Gasteiger partial charge < -0.3 is 9.73 Å². The first-order valence-electron chi connectivity index (χ1n) is 5.66. The summed E-state index contributed by atoms with van der Waals surface area (Å²) in [4.78, 5) is 0. The second kappa shape index (κ2) is 5.67. The lowest BCUT2D eigenvalue weighted by molar-refractivity contribution is 0.424. The largest absolute Gasteiger partial charge is 0.448 e. The van der Waals surface area contributed by atoms with E-state index in [1.165, 1.54) is 12.1 Å². The lowest BCUT2D eigenvalue weighted by Crippen LogP contribution is -2.24. The zero-order valence-electron chi connectivity index (χ0n) is 10.0. The molecule has 0 saturated carbocycles. The van der Waals surface area contributed by atoms with Crippen LogP contribution >= 0.6 is 11.6 Å². The van der Waals surface area contributed by atoms with Crippen LogP contribution in [0.3, 0.4) is 0 Å². The van der Waals surface area contributed by atoms with Crippen molar-refractivity contribution >= 4 is 11.6 Å². The summed E-state index contributed by atoms with van der Waals surface area (Å²) in [6, 6.07) is 3.39. The van der Waals surface area contributed by atoms with Crippen LogP contribution < -0.4 is 5.32 Å². The number of benzene rings is 1. The third-order valence-electron chi connectivity index (χ3n) is 2.62. The SMILES string of the molecule is CCNC(c1ccc(Cl)o1)c1c(F)cc(F)cc1F. The summed E-state index contributed by atoms with van der Waals surface area (Å²) in [6.07, 6.45) is 0. The molecule has 1 unspecified atom stereocenters. The van der Waals surface area contributed by atoms with Gasteiger partial charge in [-0.3, -0.25) is 0 Å². The van der Waals surface area contributed by atoms with Crippen LogP contribution in [0.25, 0.3) is 0 Å². The molecule has 2 aromatic rings. The van der Waals surface area contributed by atoms with Crippen LogP contribution in [-0.2, 0) is 0 Å². The number of halogens is 4. The molecule has 1 atom stereocenters. The highest BCUT2D eigenvalue weighted by Crippen LogP contribution is 2.30. The summed E-state index contributed by atoms with van der Waals surface area (Å²) in [6.45, 7) is 2.22. The highest BCUT2D eigenvalue weighted by atomic mass is 35.5. The van der Waals surface area contributed by atoms with Gasteiger partial charge in [0.1, 0.15) is 23.2 Å². The van der Waals surface area contributed by atoms with Crippen molar-refractivity contribution in [2.75, 3.05) is 6.54 Å². The Balaban J connectivity index is 2.51. The summed E-state index contributed by atoms with van der Waals surface area (Å²) < 4.78 is 45.7. The minimum Gasteiger partial charge on any atom is -0.448 e. The van der Waals surface area contributed by atoms with E-state index in [4.69, 9.17) is 16.0 Å². The summed E-state index contributed by atoms with van der Waals surface area (Å²) in [7, 11) is 0. The van der Waals surface area contributed by atoms with Crippen molar-refractivity contribution in [2.45, 2.75) is 13.0 Å². The number of furan rings is 1. The summed E-state index contributed by atoms with van der Waals surface area (Å²) in [5, 5.41) is 2.99. The zero-order chi connectivity index (χ0) is 14.0. The third kappa shape index (κ3) is 2.93. The number of nitrogens with one attached hydrogen (secondary N) is 1. The molecule has 1 aromatic carbocycles. The van der Waals surface area contributed by atoms with Crippen molar-refractivity contribution in [3.8, 4) is 0 Å². The van der Waals surface area contributed by atoms with Gasteiger partial charge >= 0.3 is 0 Å². The standard InChI is InChI=1S/C13H11ClF3NO/c1-2-18-13(10-3-4-11(14)19-10)12-8(16)5-7(15)6-9(12)17/h3-6,13,18H,2H2,1H3. The molecule has 6 heteroatoms. The van der Waals surface area contributed by atoms with Crippen molar-refractivity contribution in [1.29, 1.82) is 0 Å². The van der Waals surface area contributed by atoms with Crippen LogP contribution in [0.2, 0.25) is 5.22 Å². The minimum absolute atomic E-state index is 0.112. The van der Waals surface area contributed by atoms with E-state index < -0.39 is 23.5 Å². The molecular weight excluding hydrogens is 279 g/mol. The molecule has 2 nitrogen and oxygen atoms in total. The molecule has 0 radical (unpaired) electrons. The van der Waals surface area contributed by atoms with E-state index in [0.29, 0.717) is 18.7 Å². The molecular formula is C13H11ClF3NO. The predicted molar refractivity (Wildman–Crippen MR) is 65.6 cm³/mol. The van der Waals surface area contributed by atoms with E-state index in [9.17, 15) is 13.2 Å². The van der Waals surface area contributed by atoms with Crippen LogP contribution in [0.4, 0.5) is 13.2 Å². The first-order chi connectivity index (χ1) is 9.02. The Morgan fingerprint density at radius 2 is 1.84 bits per heavy atom. The fourth-order valence-corrected chi connectivity index (χ4v) is 2.01. The molecule has 0 fully saturated rings. The second-order valence-corrected chi connectivity index (χ2v) is 4.29. The fourth-order valence-electron chi connectivity index (χ4n) is 1.86. The van der Waals surface area contributed by atoms with Gasteiger partial charge in [0.15, 0.2) is 5.22 Å². The van der Waals surface area contributed by atoms with E-state index >= 15 is 0 Å². The van der Waals surface area contributed by atoms with E-state index in [-0.39, 0.29) is 16.5 Å². The molecule has 102 valence electrons. The zero-order valence-corrected chi connectivity index (χ0v) is 10.8. The first kappa shape index (κ1) is 14.0. The van der Waals surface area contributed by atoms with E-state index in [0.717, 1.165) is 0 Å². The maximum Gasteiger partial charge on any atom is 0.193 e. The highest BCUT2D eigenvalue weighted by molar-refractivity contribution is 6.28. The quantitative estimate of drug-likeness (QED) is 0.918. The Labute approximate surface area is 113 Å². The van der Waals surface area contributed by atoms with Gasteiger partial charge in [-0.25, -0.2) is 13.2 Å². The van der Waals surface area contributed by atoms with Crippen molar-refractivity contribution in [3.05, 3.63) is 58.3 Å². The monoisotopic (exact) mass is 289 g/mol. The van der Waals surface area contributed by atoms with Gasteiger partial charge in [0.2, 0.25) is 0 Å². The maximum absolute atomic E-state index is 13.8. The normalized spacial score (nSPS) is 12.7. The molecule has 0 bridgehead atoms. The molecule has 0 aliphatic carbocycles. The predicted octanol–water partition coefficient (Wildman–Crippen LogP) is 4.05. The van der Waals surface area contributed by atoms with Gasteiger partial charge in [-0.05, 0) is 30.3 Å². The third-order valence-corrected chi connectivity index (χ3v) is 2.82. The van der Waals surface area contributed by atoms with Gasteiger partial charge in [-0.2, -0.15) is 0 Å². The summed E-state index contributed by atoms with van der Waals surface area (Å²) >= 11 is 5.65. The van der Waals surface area contributed by atoms with E-state index in [1.54, 1.807) is 6.92 Å². The Morgan fingerprint density at radius 1 is 1.21 bits per heavy atom. The summed E-state index contributed by atoms with van der Waals surface area (Å²) in [5.74, 6) is -2.66. The van der Waals surface area contributed by atoms with Crippen molar-refractivity contribution in [2.24, 2.45) is 0 Å². The Bertz CT molecular complexity index is 562. The first-order valence-corrected chi connectivity index (χ1v) is 6.03. The molecule has 2 rings (SSSR count). The van der Waals surface area contributed by atoms with Gasteiger partial charge in [0.25, 0.3) is 0 Å². The molecule has 1 N–H and O–H groups in total. The van der Waals surface area contributed by atoms with E-state index in [1.807, 2.05) is 0 Å². The molecule has 0 aliphatic rings. The molecule has 1 aromatic heterocycles. The van der Waals surface area contributed by atoms with Crippen LogP contribution in [-0.4, -0.2) is 6.54 Å². The smallest absolute Gasteiger partial charge is 0.193 e.